The van der Waals surface area contributed by atoms with Crippen LogP contribution in [0.1, 0.15) is 38.5 Å². The molecule has 0 aromatic rings. The van der Waals surface area contributed by atoms with E-state index in [0.29, 0.717) is 6.10 Å². The van der Waals surface area contributed by atoms with Gasteiger partial charge in [-0.25, -0.2) is 0 Å². The molecule has 1 aliphatic carbocycles. The van der Waals surface area contributed by atoms with Crippen LogP contribution in [0.3, 0.4) is 0 Å². The Hall–Kier alpha value is -0.0800. The average molecular weight is 197 g/mol. The SMILES string of the molecule is CNCC(C1CCC1)C1CCCCO1. The monoisotopic (exact) mass is 197 g/mol. The van der Waals surface area contributed by atoms with Crippen molar-refractivity contribution >= 4 is 0 Å². The number of rotatable bonds is 4. The van der Waals surface area contributed by atoms with Crippen LogP contribution in [0.5, 0.6) is 0 Å². The Morgan fingerprint density at radius 3 is 2.57 bits per heavy atom. The van der Waals surface area contributed by atoms with Crippen molar-refractivity contribution in [2.45, 2.75) is 44.6 Å². The van der Waals surface area contributed by atoms with Crippen molar-refractivity contribution in [2.75, 3.05) is 20.2 Å². The molecule has 0 amide bonds. The molecule has 0 aromatic heterocycles. The maximum atomic E-state index is 5.91. The maximum Gasteiger partial charge on any atom is 0.0618 e. The molecule has 2 aliphatic rings. The predicted octanol–water partition coefficient (Wildman–Crippen LogP) is 2.19. The van der Waals surface area contributed by atoms with Gasteiger partial charge in [0.2, 0.25) is 0 Å². The van der Waals surface area contributed by atoms with Crippen LogP contribution >= 0.6 is 0 Å². The molecular formula is C12H23NO. The zero-order valence-corrected chi connectivity index (χ0v) is 9.30. The van der Waals surface area contributed by atoms with Crippen molar-refractivity contribution in [1.82, 2.24) is 5.32 Å². The van der Waals surface area contributed by atoms with Gasteiger partial charge in [0.05, 0.1) is 6.10 Å². The molecule has 0 spiro atoms. The third kappa shape index (κ3) is 2.29. The molecule has 0 radical (unpaired) electrons. The van der Waals surface area contributed by atoms with Crippen LogP contribution in [0.15, 0.2) is 0 Å². The first-order valence-electron chi connectivity index (χ1n) is 6.18. The average Bonchev–Trinajstić information content (AvgIpc) is 2.16. The molecular weight excluding hydrogens is 174 g/mol. The van der Waals surface area contributed by atoms with E-state index in [4.69, 9.17) is 4.74 Å². The Bertz CT molecular complexity index is 162. The summed E-state index contributed by atoms with van der Waals surface area (Å²) < 4.78 is 5.91. The van der Waals surface area contributed by atoms with E-state index in [2.05, 4.69) is 12.4 Å². The number of hydrogen-bond donors (Lipinski definition) is 1. The van der Waals surface area contributed by atoms with Crippen LogP contribution < -0.4 is 5.32 Å². The largest absolute Gasteiger partial charge is 0.378 e. The molecule has 0 aromatic carbocycles. The summed E-state index contributed by atoms with van der Waals surface area (Å²) >= 11 is 0. The molecule has 14 heavy (non-hydrogen) atoms. The fraction of sp³-hybridized carbons (Fsp3) is 1.00. The Morgan fingerprint density at radius 2 is 2.07 bits per heavy atom. The standard InChI is InChI=1S/C12H23NO/c1-13-9-11(10-5-4-6-10)12-7-2-3-8-14-12/h10-13H,2-9H2,1H3. The summed E-state index contributed by atoms with van der Waals surface area (Å²) in [6.07, 6.45) is 8.81. The molecule has 2 fully saturated rings. The number of nitrogens with one attached hydrogen (secondary N) is 1. The van der Waals surface area contributed by atoms with Gasteiger partial charge in [0.25, 0.3) is 0 Å². The van der Waals surface area contributed by atoms with Crippen LogP contribution in [0.25, 0.3) is 0 Å². The van der Waals surface area contributed by atoms with Crippen molar-refractivity contribution in [3.05, 3.63) is 0 Å². The fourth-order valence-electron chi connectivity index (χ4n) is 2.81. The molecule has 1 aliphatic heterocycles. The van der Waals surface area contributed by atoms with Gasteiger partial charge in [0, 0.05) is 19.1 Å². The Labute approximate surface area is 87.4 Å². The first kappa shape index (κ1) is 10.4. The third-order valence-corrected chi connectivity index (χ3v) is 3.89. The smallest absolute Gasteiger partial charge is 0.0618 e. The lowest BCUT2D eigenvalue weighted by Crippen LogP contribution is -2.41. The predicted molar refractivity (Wildman–Crippen MR) is 58.3 cm³/mol. The van der Waals surface area contributed by atoms with E-state index in [9.17, 15) is 0 Å². The van der Waals surface area contributed by atoms with Crippen molar-refractivity contribution in [3.63, 3.8) is 0 Å². The normalized spacial score (nSPS) is 31.1. The highest BCUT2D eigenvalue weighted by Gasteiger charge is 2.33. The minimum atomic E-state index is 0.557. The molecule has 1 N–H and O–H groups in total. The topological polar surface area (TPSA) is 21.3 Å². The highest BCUT2D eigenvalue weighted by Crippen LogP contribution is 2.37. The number of ether oxygens (including phenoxy) is 1. The van der Waals surface area contributed by atoms with Gasteiger partial charge in [-0.15, -0.1) is 0 Å². The van der Waals surface area contributed by atoms with Crippen LogP contribution in [-0.2, 0) is 4.74 Å². The van der Waals surface area contributed by atoms with Crippen molar-refractivity contribution in [1.29, 1.82) is 0 Å². The van der Waals surface area contributed by atoms with Crippen molar-refractivity contribution in [2.24, 2.45) is 11.8 Å². The summed E-state index contributed by atoms with van der Waals surface area (Å²) in [5.41, 5.74) is 0. The maximum absolute atomic E-state index is 5.91. The number of hydrogen-bond acceptors (Lipinski definition) is 2. The summed E-state index contributed by atoms with van der Waals surface area (Å²) in [5.74, 6) is 1.74. The molecule has 82 valence electrons. The van der Waals surface area contributed by atoms with Gasteiger partial charge in [-0.2, -0.15) is 0 Å². The van der Waals surface area contributed by atoms with Crippen LogP contribution in [-0.4, -0.2) is 26.3 Å². The van der Waals surface area contributed by atoms with E-state index in [-0.39, 0.29) is 0 Å². The zero-order chi connectivity index (χ0) is 9.80. The lowest BCUT2D eigenvalue weighted by atomic mass is 9.72. The Balaban J connectivity index is 1.86. The molecule has 1 heterocycles. The molecule has 0 bridgehead atoms. The van der Waals surface area contributed by atoms with E-state index in [1.165, 1.54) is 38.5 Å². The first-order valence-corrected chi connectivity index (χ1v) is 6.18. The van der Waals surface area contributed by atoms with E-state index in [0.717, 1.165) is 25.0 Å². The fourth-order valence-corrected chi connectivity index (χ4v) is 2.81. The van der Waals surface area contributed by atoms with E-state index >= 15 is 0 Å². The molecule has 2 rings (SSSR count). The van der Waals surface area contributed by atoms with E-state index < -0.39 is 0 Å². The van der Waals surface area contributed by atoms with Crippen LogP contribution in [0, 0.1) is 11.8 Å². The minimum Gasteiger partial charge on any atom is -0.378 e. The first-order chi connectivity index (χ1) is 6.92. The second-order valence-electron chi connectivity index (χ2n) is 4.82. The quantitative estimate of drug-likeness (QED) is 0.746. The zero-order valence-electron chi connectivity index (χ0n) is 9.30. The lowest BCUT2D eigenvalue weighted by Gasteiger charge is -2.40. The summed E-state index contributed by atoms with van der Waals surface area (Å²) in [5, 5.41) is 3.33. The molecule has 1 saturated carbocycles. The molecule has 2 unspecified atom stereocenters. The van der Waals surface area contributed by atoms with Gasteiger partial charge in [-0.3, -0.25) is 0 Å². The summed E-state index contributed by atoms with van der Waals surface area (Å²) in [6, 6.07) is 0. The molecule has 1 saturated heterocycles. The molecule has 2 heteroatoms. The second kappa shape index (κ2) is 5.13. The van der Waals surface area contributed by atoms with Gasteiger partial charge >= 0.3 is 0 Å². The molecule has 2 atom stereocenters. The van der Waals surface area contributed by atoms with E-state index in [1.807, 2.05) is 0 Å². The Morgan fingerprint density at radius 1 is 1.21 bits per heavy atom. The summed E-state index contributed by atoms with van der Waals surface area (Å²) in [4.78, 5) is 0. The second-order valence-corrected chi connectivity index (χ2v) is 4.82. The molecule has 2 nitrogen and oxygen atoms in total. The van der Waals surface area contributed by atoms with Crippen LogP contribution in [0.2, 0.25) is 0 Å². The van der Waals surface area contributed by atoms with Crippen molar-refractivity contribution in [3.8, 4) is 0 Å². The Kier molecular flexibility index (Phi) is 3.82. The van der Waals surface area contributed by atoms with Gasteiger partial charge in [-0.05, 0) is 32.2 Å². The highest BCUT2D eigenvalue weighted by atomic mass is 16.5. The van der Waals surface area contributed by atoms with Gasteiger partial charge in [-0.1, -0.05) is 19.3 Å². The summed E-state index contributed by atoms with van der Waals surface area (Å²) in [7, 11) is 2.06. The van der Waals surface area contributed by atoms with Gasteiger partial charge < -0.3 is 10.1 Å². The minimum absolute atomic E-state index is 0.557. The van der Waals surface area contributed by atoms with Crippen molar-refractivity contribution < 1.29 is 4.74 Å². The van der Waals surface area contributed by atoms with E-state index in [1.54, 1.807) is 0 Å². The van der Waals surface area contributed by atoms with Gasteiger partial charge in [0.1, 0.15) is 0 Å². The lowest BCUT2D eigenvalue weighted by molar-refractivity contribution is -0.0479. The highest BCUT2D eigenvalue weighted by molar-refractivity contribution is 4.85. The van der Waals surface area contributed by atoms with Crippen LogP contribution in [0.4, 0.5) is 0 Å². The third-order valence-electron chi connectivity index (χ3n) is 3.89. The van der Waals surface area contributed by atoms with Gasteiger partial charge in [0.15, 0.2) is 0 Å². The summed E-state index contributed by atoms with van der Waals surface area (Å²) in [6.45, 7) is 2.15.